The van der Waals surface area contributed by atoms with Crippen molar-refractivity contribution in [2.45, 2.75) is 19.3 Å². The number of carbonyl (C=O) groups excluding carboxylic acids is 2. The summed E-state index contributed by atoms with van der Waals surface area (Å²) in [5.74, 6) is 0.0485. The first-order chi connectivity index (χ1) is 17.6. The molecule has 10 heteroatoms. The topological polar surface area (TPSA) is 121 Å². The van der Waals surface area contributed by atoms with Crippen molar-refractivity contribution in [1.82, 2.24) is 24.7 Å². The summed E-state index contributed by atoms with van der Waals surface area (Å²) < 4.78 is 0. The van der Waals surface area contributed by atoms with Crippen molar-refractivity contribution in [3.8, 4) is 11.4 Å². The molecule has 198 valence electrons. The average molecular weight is 591 g/mol. The Morgan fingerprint density at radius 1 is 0.676 bits per heavy atom. The minimum Gasteiger partial charge on any atom is -0.365 e. The fourth-order valence-corrected chi connectivity index (χ4v) is 3.77. The number of Topliss-reactive ketones (excluding diaryl/α,β-unsaturated/α-hetero) is 1. The number of ketones is 2. The van der Waals surface area contributed by atoms with E-state index in [1.54, 1.807) is 12.4 Å². The Kier molecular flexibility index (Phi) is 10.9. The number of allylic oxidation sites excluding steroid dienone is 1. The van der Waals surface area contributed by atoms with Crippen LogP contribution in [-0.4, -0.2) is 88.6 Å². The van der Waals surface area contributed by atoms with Gasteiger partial charge in [0.15, 0.2) is 0 Å². The van der Waals surface area contributed by atoms with Gasteiger partial charge in [-0.2, -0.15) is 0 Å². The minimum absolute atomic E-state index is 0. The molecule has 0 aromatic carbocycles. The molecule has 0 radical (unpaired) electrons. The van der Waals surface area contributed by atoms with Crippen molar-refractivity contribution >= 4 is 11.6 Å². The van der Waals surface area contributed by atoms with Crippen LogP contribution in [-0.2, 0) is 29.1 Å². The van der Waals surface area contributed by atoms with Gasteiger partial charge in [0.2, 0.25) is 11.6 Å². The molecular weight excluding hydrogens is 555 g/mol. The van der Waals surface area contributed by atoms with Gasteiger partial charge in [-0.15, -0.1) is 0 Å². The van der Waals surface area contributed by atoms with Crippen LogP contribution in [0.3, 0.4) is 0 Å². The Morgan fingerprint density at radius 2 is 1.16 bits per heavy atom. The zero-order valence-electron chi connectivity index (χ0n) is 21.0. The van der Waals surface area contributed by atoms with Crippen LogP contribution in [0.25, 0.3) is 11.4 Å². The maximum Gasteiger partial charge on any atom is 0.227 e. The molecule has 6 rings (SSSR count). The molecular formula is C27H35N7O2Ru. The monoisotopic (exact) mass is 591 g/mol. The van der Waals surface area contributed by atoms with Crippen LogP contribution >= 0.6 is 0 Å². The van der Waals surface area contributed by atoms with Crippen molar-refractivity contribution in [2.24, 2.45) is 11.5 Å². The van der Waals surface area contributed by atoms with E-state index in [0.29, 0.717) is 17.1 Å². The average Bonchev–Trinajstić information content (AvgIpc) is 3.76. The van der Waals surface area contributed by atoms with E-state index in [2.05, 4.69) is 9.97 Å². The predicted molar refractivity (Wildman–Crippen MR) is 139 cm³/mol. The van der Waals surface area contributed by atoms with Crippen molar-refractivity contribution in [3.63, 3.8) is 0 Å². The molecule has 4 N–H and O–H groups in total. The van der Waals surface area contributed by atoms with Crippen LogP contribution in [0.15, 0.2) is 72.0 Å². The van der Waals surface area contributed by atoms with E-state index < -0.39 is 0 Å². The van der Waals surface area contributed by atoms with Gasteiger partial charge in [-0.25, -0.2) is 0 Å². The van der Waals surface area contributed by atoms with E-state index in [-0.39, 0.29) is 31.0 Å². The van der Waals surface area contributed by atoms with E-state index in [0.717, 1.165) is 76.6 Å². The fraction of sp³-hybridized carbons (Fsp3) is 0.407. The molecule has 0 atom stereocenters. The molecule has 1 aliphatic carbocycles. The summed E-state index contributed by atoms with van der Waals surface area (Å²) in [5, 5.41) is 0. The van der Waals surface area contributed by atoms with Gasteiger partial charge in [0.25, 0.3) is 0 Å². The Morgan fingerprint density at radius 3 is 1.57 bits per heavy atom. The van der Waals surface area contributed by atoms with Crippen LogP contribution in [0.1, 0.15) is 19.3 Å². The predicted octanol–water partition coefficient (Wildman–Crippen LogP) is 1.40. The molecule has 0 unspecified atom stereocenters. The van der Waals surface area contributed by atoms with Crippen LogP contribution in [0, 0.1) is 0 Å². The SMILES string of the molecule is NCCCCCN.O=C1C=C(N2CC2)C(=O)C(N2CC2)=C1N1CC1.[Ru].c1ccc(-c2ccccn2)nc1. The first-order valence-electron chi connectivity index (χ1n) is 12.7. The van der Waals surface area contributed by atoms with Gasteiger partial charge >= 0.3 is 0 Å². The second-order valence-corrected chi connectivity index (χ2v) is 8.95. The van der Waals surface area contributed by atoms with Crippen molar-refractivity contribution in [3.05, 3.63) is 72.0 Å². The second-order valence-electron chi connectivity index (χ2n) is 8.95. The van der Waals surface area contributed by atoms with Crippen molar-refractivity contribution < 1.29 is 29.1 Å². The number of hydrogen-bond donors (Lipinski definition) is 2. The molecule has 3 fully saturated rings. The summed E-state index contributed by atoms with van der Waals surface area (Å²) in [5.41, 5.74) is 14.2. The quantitative estimate of drug-likeness (QED) is 0.203. The molecule has 9 nitrogen and oxygen atoms in total. The van der Waals surface area contributed by atoms with Crippen LogP contribution in [0.2, 0.25) is 0 Å². The summed E-state index contributed by atoms with van der Waals surface area (Å²) in [6, 6.07) is 11.6. The van der Waals surface area contributed by atoms with Gasteiger partial charge in [0.05, 0.1) is 17.1 Å². The van der Waals surface area contributed by atoms with Gasteiger partial charge in [0.1, 0.15) is 11.4 Å². The maximum absolute atomic E-state index is 12.4. The third kappa shape index (κ3) is 8.28. The van der Waals surface area contributed by atoms with E-state index in [4.69, 9.17) is 11.5 Å². The van der Waals surface area contributed by atoms with E-state index in [1.807, 2.05) is 51.1 Å². The number of aromatic nitrogens is 2. The number of pyridine rings is 2. The zero-order valence-corrected chi connectivity index (χ0v) is 22.8. The van der Waals surface area contributed by atoms with Gasteiger partial charge in [-0.3, -0.25) is 19.6 Å². The van der Waals surface area contributed by atoms with Crippen LogP contribution in [0.4, 0.5) is 0 Å². The van der Waals surface area contributed by atoms with Crippen LogP contribution in [0.5, 0.6) is 0 Å². The maximum atomic E-state index is 12.4. The summed E-state index contributed by atoms with van der Waals surface area (Å²) in [4.78, 5) is 38.8. The molecule has 0 spiro atoms. The molecule has 4 aliphatic rings. The summed E-state index contributed by atoms with van der Waals surface area (Å²) in [7, 11) is 0. The number of nitrogens with two attached hydrogens (primary N) is 2. The Bertz CT molecular complexity index is 1050. The Hall–Kier alpha value is -2.94. The molecule has 3 aliphatic heterocycles. The molecule has 5 heterocycles. The fourth-order valence-electron chi connectivity index (χ4n) is 3.77. The van der Waals surface area contributed by atoms with Gasteiger partial charge in [-0.1, -0.05) is 18.6 Å². The van der Waals surface area contributed by atoms with Crippen molar-refractivity contribution in [1.29, 1.82) is 0 Å². The normalized spacial score (nSPS) is 17.1. The van der Waals surface area contributed by atoms with Gasteiger partial charge in [0, 0.05) is 77.2 Å². The van der Waals surface area contributed by atoms with Gasteiger partial charge in [-0.05, 0) is 50.2 Å². The second kappa shape index (κ2) is 14.1. The zero-order chi connectivity index (χ0) is 25.3. The number of hydrogen-bond acceptors (Lipinski definition) is 9. The summed E-state index contributed by atoms with van der Waals surface area (Å²) in [6.45, 7) is 7.02. The third-order valence-electron chi connectivity index (χ3n) is 5.99. The molecule has 0 bridgehead atoms. The van der Waals surface area contributed by atoms with Gasteiger partial charge < -0.3 is 26.2 Å². The smallest absolute Gasteiger partial charge is 0.227 e. The summed E-state index contributed by atoms with van der Waals surface area (Å²) in [6.07, 6.45) is 8.49. The molecule has 0 amide bonds. The first-order valence-corrected chi connectivity index (χ1v) is 12.7. The molecule has 3 saturated heterocycles. The number of rotatable bonds is 8. The number of unbranched alkanes of at least 4 members (excludes halogenated alkanes) is 2. The van der Waals surface area contributed by atoms with E-state index in [9.17, 15) is 9.59 Å². The van der Waals surface area contributed by atoms with E-state index >= 15 is 0 Å². The minimum atomic E-state index is 0. The number of nitrogens with zero attached hydrogens (tertiary/aromatic N) is 5. The first kappa shape index (κ1) is 28.6. The molecule has 2 aromatic rings. The third-order valence-corrected chi connectivity index (χ3v) is 5.99. The summed E-state index contributed by atoms with van der Waals surface area (Å²) >= 11 is 0. The molecule has 37 heavy (non-hydrogen) atoms. The standard InChI is InChI=1S/C12H13N3O2.C10H8N2.C5H14N2.Ru/c16-9-7-8(13-1-2-13)12(17)11(15-5-6-15)10(9)14-3-4-14;1-3-7-11-9(5-1)10-6-2-4-8-12-10;6-4-2-1-3-5-7;/h7H,1-6H2;1-8H;1-7H2;. The molecule has 0 saturated carbocycles. The van der Waals surface area contributed by atoms with Crippen molar-refractivity contribution in [2.75, 3.05) is 52.4 Å². The Balaban J connectivity index is 0.000000168. The molecule has 2 aromatic heterocycles. The Labute approximate surface area is 231 Å². The van der Waals surface area contributed by atoms with Crippen LogP contribution < -0.4 is 11.5 Å². The number of carbonyl (C=O) groups is 2. The van der Waals surface area contributed by atoms with E-state index in [1.165, 1.54) is 12.5 Å². The largest absolute Gasteiger partial charge is 0.365 e.